The fourth-order valence-electron chi connectivity index (χ4n) is 1.97. The van der Waals surface area contributed by atoms with Gasteiger partial charge in [-0.05, 0) is 6.92 Å². The van der Waals surface area contributed by atoms with Gasteiger partial charge in [-0.2, -0.15) is 5.10 Å². The Kier molecular flexibility index (Phi) is 2.48. The van der Waals surface area contributed by atoms with Crippen LogP contribution in [0.15, 0.2) is 0 Å². The fourth-order valence-corrected chi connectivity index (χ4v) is 1.97. The number of ether oxygens (including phenoxy) is 1. The minimum absolute atomic E-state index is 0.340. The summed E-state index contributed by atoms with van der Waals surface area (Å²) in [6, 6.07) is 0. The summed E-state index contributed by atoms with van der Waals surface area (Å²) in [6.07, 6.45) is 0.674. The van der Waals surface area contributed by atoms with Crippen LogP contribution in [0.3, 0.4) is 0 Å². The quantitative estimate of drug-likeness (QED) is 0.701. The Balaban J connectivity index is 2.34. The predicted molar refractivity (Wildman–Crippen MR) is 52.6 cm³/mol. The van der Waals surface area contributed by atoms with Crippen molar-refractivity contribution in [1.29, 1.82) is 0 Å². The maximum atomic E-state index is 11.5. The Hall–Kier alpha value is -1.36. The molecule has 82 valence electrons. The van der Waals surface area contributed by atoms with Crippen LogP contribution >= 0.6 is 0 Å². The first kappa shape index (κ1) is 10.2. The summed E-state index contributed by atoms with van der Waals surface area (Å²) in [5.74, 6) is -0.400. The number of aromatic nitrogens is 2. The Bertz CT molecular complexity index is 398. The van der Waals surface area contributed by atoms with Gasteiger partial charge in [0.25, 0.3) is 0 Å². The molecule has 0 fully saturated rings. The smallest absolute Gasteiger partial charge is 0.359 e. The van der Waals surface area contributed by atoms with Crippen molar-refractivity contribution in [2.24, 2.45) is 7.05 Å². The van der Waals surface area contributed by atoms with Crippen LogP contribution in [0.2, 0.25) is 0 Å². The molecule has 1 aliphatic rings. The van der Waals surface area contributed by atoms with E-state index >= 15 is 0 Å². The molecule has 1 heterocycles. The molecule has 1 atom stereocenters. The second-order valence-corrected chi connectivity index (χ2v) is 3.68. The van der Waals surface area contributed by atoms with Gasteiger partial charge in [0, 0.05) is 31.1 Å². The highest BCUT2D eigenvalue weighted by molar-refractivity contribution is 5.89. The van der Waals surface area contributed by atoms with E-state index in [1.807, 2.05) is 0 Å². The van der Waals surface area contributed by atoms with Crippen molar-refractivity contribution in [3.05, 3.63) is 17.0 Å². The Morgan fingerprint density at radius 2 is 2.40 bits per heavy atom. The third-order valence-electron chi connectivity index (χ3n) is 2.61. The van der Waals surface area contributed by atoms with Crippen LogP contribution in [0.5, 0.6) is 0 Å². The van der Waals surface area contributed by atoms with Crippen molar-refractivity contribution < 1.29 is 14.6 Å². The molecule has 0 aromatic carbocycles. The van der Waals surface area contributed by atoms with Crippen molar-refractivity contribution in [2.75, 3.05) is 6.61 Å². The first-order chi connectivity index (χ1) is 7.13. The summed E-state index contributed by atoms with van der Waals surface area (Å²) in [4.78, 5) is 11.5. The van der Waals surface area contributed by atoms with Gasteiger partial charge in [0.15, 0.2) is 5.69 Å². The molecule has 5 nitrogen and oxygen atoms in total. The van der Waals surface area contributed by atoms with E-state index < -0.39 is 12.1 Å². The molecule has 0 radical (unpaired) electrons. The van der Waals surface area contributed by atoms with Gasteiger partial charge in [-0.1, -0.05) is 0 Å². The summed E-state index contributed by atoms with van der Waals surface area (Å²) < 4.78 is 6.56. The van der Waals surface area contributed by atoms with Gasteiger partial charge in [-0.25, -0.2) is 4.79 Å². The van der Waals surface area contributed by atoms with Crippen molar-refractivity contribution >= 4 is 5.97 Å². The number of aliphatic hydroxyl groups excluding tert-OH is 1. The number of aliphatic hydroxyl groups is 1. The van der Waals surface area contributed by atoms with Gasteiger partial charge >= 0.3 is 5.97 Å². The number of carbonyl (C=O) groups is 1. The van der Waals surface area contributed by atoms with Crippen molar-refractivity contribution in [3.8, 4) is 0 Å². The van der Waals surface area contributed by atoms with Crippen molar-refractivity contribution in [3.63, 3.8) is 0 Å². The minimum atomic E-state index is -0.400. The second kappa shape index (κ2) is 3.66. The van der Waals surface area contributed by atoms with Crippen molar-refractivity contribution in [2.45, 2.75) is 25.9 Å². The summed E-state index contributed by atoms with van der Waals surface area (Å²) in [5.41, 5.74) is 2.12. The summed E-state index contributed by atoms with van der Waals surface area (Å²) >= 11 is 0. The minimum Gasteiger partial charge on any atom is -0.461 e. The topological polar surface area (TPSA) is 64.3 Å². The Morgan fingerprint density at radius 3 is 3.07 bits per heavy atom. The first-order valence-electron chi connectivity index (χ1n) is 5.03. The lowest BCUT2D eigenvalue weighted by atomic mass is 10.2. The molecule has 1 aromatic rings. The summed E-state index contributed by atoms with van der Waals surface area (Å²) in [7, 11) is 1.78. The van der Waals surface area contributed by atoms with Gasteiger partial charge in [0.2, 0.25) is 0 Å². The van der Waals surface area contributed by atoms with Gasteiger partial charge in [-0.3, -0.25) is 4.68 Å². The molecule has 0 saturated carbocycles. The number of hydrogen-bond acceptors (Lipinski definition) is 4. The van der Waals surface area contributed by atoms with Crippen LogP contribution in [0.1, 0.15) is 28.7 Å². The normalized spacial score (nSPS) is 19.0. The van der Waals surface area contributed by atoms with E-state index in [4.69, 9.17) is 4.74 Å². The lowest BCUT2D eigenvalue weighted by molar-refractivity contribution is 0.0517. The van der Waals surface area contributed by atoms with Crippen molar-refractivity contribution in [1.82, 2.24) is 9.78 Å². The van der Waals surface area contributed by atoms with E-state index in [1.165, 1.54) is 0 Å². The molecular weight excluding hydrogens is 196 g/mol. The number of aryl methyl sites for hydroxylation is 1. The van der Waals surface area contributed by atoms with E-state index in [-0.39, 0.29) is 0 Å². The van der Waals surface area contributed by atoms with Crippen LogP contribution in [-0.2, 0) is 24.6 Å². The van der Waals surface area contributed by atoms with Crippen LogP contribution in [-0.4, -0.2) is 33.6 Å². The fraction of sp³-hybridized carbons (Fsp3) is 0.600. The molecule has 1 aliphatic carbocycles. The average Bonchev–Trinajstić information content (AvgIpc) is 2.67. The zero-order chi connectivity index (χ0) is 11.0. The molecule has 0 spiro atoms. The maximum absolute atomic E-state index is 11.5. The highest BCUT2D eigenvalue weighted by Crippen LogP contribution is 2.25. The molecule has 5 heteroatoms. The van der Waals surface area contributed by atoms with Crippen LogP contribution in [0, 0.1) is 0 Å². The SMILES string of the molecule is CCOC(=O)c1nn(C)c2c1CC(O)C2. The second-order valence-electron chi connectivity index (χ2n) is 3.68. The van der Waals surface area contributed by atoms with Gasteiger partial charge in [0.1, 0.15) is 0 Å². The van der Waals surface area contributed by atoms with Gasteiger partial charge in [-0.15, -0.1) is 0 Å². The number of esters is 1. The van der Waals surface area contributed by atoms with Gasteiger partial charge < -0.3 is 9.84 Å². The summed E-state index contributed by atoms with van der Waals surface area (Å²) in [6.45, 7) is 2.10. The molecule has 0 saturated heterocycles. The third kappa shape index (κ3) is 1.63. The monoisotopic (exact) mass is 210 g/mol. The average molecular weight is 210 g/mol. The zero-order valence-corrected chi connectivity index (χ0v) is 8.86. The van der Waals surface area contributed by atoms with Crippen LogP contribution in [0.25, 0.3) is 0 Å². The Morgan fingerprint density at radius 1 is 1.67 bits per heavy atom. The van der Waals surface area contributed by atoms with Crippen LogP contribution in [0.4, 0.5) is 0 Å². The standard InChI is InChI=1S/C10H14N2O3/c1-3-15-10(14)9-7-4-6(13)5-8(7)12(2)11-9/h6,13H,3-5H2,1-2H3. The maximum Gasteiger partial charge on any atom is 0.359 e. The van der Waals surface area contributed by atoms with E-state index in [1.54, 1.807) is 18.7 Å². The molecule has 0 bridgehead atoms. The molecule has 1 aromatic heterocycles. The lowest BCUT2D eigenvalue weighted by Crippen LogP contribution is -2.12. The highest BCUT2D eigenvalue weighted by atomic mass is 16.5. The van der Waals surface area contributed by atoms with Gasteiger partial charge in [0.05, 0.1) is 12.7 Å². The van der Waals surface area contributed by atoms with Crippen LogP contribution < -0.4 is 0 Å². The molecular formula is C10H14N2O3. The molecule has 15 heavy (non-hydrogen) atoms. The van der Waals surface area contributed by atoms with E-state index in [0.29, 0.717) is 25.1 Å². The van der Waals surface area contributed by atoms with E-state index in [0.717, 1.165) is 11.3 Å². The zero-order valence-electron chi connectivity index (χ0n) is 8.86. The number of carbonyl (C=O) groups excluding carboxylic acids is 1. The molecule has 0 amide bonds. The molecule has 0 aliphatic heterocycles. The largest absolute Gasteiger partial charge is 0.461 e. The lowest BCUT2D eigenvalue weighted by Gasteiger charge is -2.01. The van der Waals surface area contributed by atoms with E-state index in [9.17, 15) is 9.90 Å². The predicted octanol–water partition coefficient (Wildman–Crippen LogP) is 0.0563. The first-order valence-corrected chi connectivity index (χ1v) is 5.03. The van der Waals surface area contributed by atoms with E-state index in [2.05, 4.69) is 5.10 Å². The molecule has 1 unspecified atom stereocenters. The number of nitrogens with zero attached hydrogens (tertiary/aromatic N) is 2. The number of fused-ring (bicyclic) bond motifs is 1. The molecule has 2 rings (SSSR count). The molecule has 1 N–H and O–H groups in total. The number of rotatable bonds is 2. The highest BCUT2D eigenvalue weighted by Gasteiger charge is 2.30. The summed E-state index contributed by atoms with van der Waals surface area (Å²) in [5, 5.41) is 13.6. The third-order valence-corrected chi connectivity index (χ3v) is 2.61. The number of hydrogen-bond donors (Lipinski definition) is 1. The Labute approximate surface area is 87.7 Å².